The first-order valence-electron chi connectivity index (χ1n) is 41.3. The molecule has 25 N–H and O–H groups in total. The number of nitrogens with two attached hydrogens (primary N) is 2. The highest BCUT2D eigenvalue weighted by atomic mass is 35.5. The summed E-state index contributed by atoms with van der Waals surface area (Å²) in [5.74, 6) is -18.6. The van der Waals surface area contributed by atoms with Crippen molar-refractivity contribution in [1.29, 1.82) is 0 Å². The molecule has 6 aromatic carbocycles. The van der Waals surface area contributed by atoms with Gasteiger partial charge in [-0.2, -0.15) is 0 Å². The molecular weight excluding hydrogens is 1810 g/mol. The van der Waals surface area contributed by atoms with Crippen LogP contribution in [-0.2, 0) is 68.6 Å². The number of carboxylic acid groups (broad SMARTS) is 1. The number of hydrogen-bond donors (Lipinski definition) is 23. The third-order valence-corrected chi connectivity index (χ3v) is 23.3. The van der Waals surface area contributed by atoms with E-state index < -0.39 is 315 Å². The summed E-state index contributed by atoms with van der Waals surface area (Å²) in [6.45, 7) is 4.73. The van der Waals surface area contributed by atoms with Crippen LogP contribution in [0.4, 0.5) is 18.9 Å². The van der Waals surface area contributed by atoms with Crippen LogP contribution in [0.25, 0.3) is 11.1 Å². The molecule has 23 atom stereocenters. The first-order valence-corrected chi connectivity index (χ1v) is 42.1. The number of likely N-dealkylation sites (N-methyl/N-ethyl adjacent to an activating group) is 1. The Kier molecular flexibility index (Phi) is 30.3. The maximum Gasteiger partial charge on any atom is 0.573 e. The Labute approximate surface area is 762 Å². The highest BCUT2D eigenvalue weighted by Crippen LogP contribution is 2.51. The Morgan fingerprint density at radius 1 is 0.684 bits per heavy atom. The Bertz CT molecular complexity index is 5580. The smallest absolute Gasteiger partial charge is 0.508 e. The number of amides is 8. The zero-order chi connectivity index (χ0) is 96.4. The number of aliphatic hydroxyl groups excluding tert-OH is 8. The van der Waals surface area contributed by atoms with Gasteiger partial charge in [-0.15, -0.1) is 13.2 Å². The maximum absolute atomic E-state index is 16.5. The van der Waals surface area contributed by atoms with E-state index in [0.29, 0.717) is 5.56 Å². The van der Waals surface area contributed by atoms with Crippen LogP contribution in [-0.4, -0.2) is 256 Å². The molecule has 15 rings (SSSR count). The van der Waals surface area contributed by atoms with Gasteiger partial charge in [0.15, 0.2) is 30.1 Å². The normalized spacial score (nSPS) is 28.7. The highest BCUT2D eigenvalue weighted by molar-refractivity contribution is 6.32. The fourth-order valence-electron chi connectivity index (χ4n) is 16.0. The molecular formula is C86H95Cl2F3N12O30. The van der Waals surface area contributed by atoms with Crippen LogP contribution in [0.1, 0.15) is 121 Å². The number of ether oxygens (including phenoxy) is 9. The van der Waals surface area contributed by atoms with Crippen molar-refractivity contribution >= 4 is 82.1 Å². The van der Waals surface area contributed by atoms with Gasteiger partial charge >= 0.3 is 12.3 Å². The monoisotopic (exact) mass is 1900 g/mol. The molecule has 11 bridgehead atoms. The predicted molar refractivity (Wildman–Crippen MR) is 452 cm³/mol. The first kappa shape index (κ1) is 98.5. The number of aromatic hydroxyl groups is 3. The summed E-state index contributed by atoms with van der Waals surface area (Å²) < 4.78 is 93.9. The summed E-state index contributed by atoms with van der Waals surface area (Å²) in [7, 11) is 1.44. The van der Waals surface area contributed by atoms with Crippen LogP contribution >= 0.6 is 23.2 Å². The maximum atomic E-state index is 16.5. The molecule has 0 radical (unpaired) electrons. The molecule has 1 aromatic heterocycles. The van der Waals surface area contributed by atoms with Gasteiger partial charge in [0.25, 0.3) is 5.91 Å². The number of halogens is 5. The molecule has 3 saturated heterocycles. The Morgan fingerprint density at radius 2 is 1.33 bits per heavy atom. The van der Waals surface area contributed by atoms with Gasteiger partial charge in [-0.3, -0.25) is 43.3 Å². The van der Waals surface area contributed by atoms with E-state index in [1.54, 1.807) is 13.8 Å². The SMILES string of the molecule is CN[C@H](CC(C)C)C(=O)N[C@H]1C(=O)N[C@@H](CC(N)=O)C(=O)N[C@H]2C(=O)N[C@H]3C(=O)N[C@H](C(=O)N[C@@H](C(=O)O)c4cc(O)cc(O)c4-c4cc3ccc4O)[C@H](O[C@H]3C[C@](C)(N)[C@@H](O)[C@H](C)O3)c3ccc(c(Cl)c3)Oc3cc2cc(c3OC2O[C@H](CO)[C@@H](O[C@H]3O[C@H](CNCc4cncc(C(=O)Nc5cccc(OC(F)(F)F)c5)c4)[C@H](O)[C@H](O)[C@H]3O)[C@H](O)[C@H]2O)Oc2ccc(cc2Cl)[C@H]1O. The topological polar surface area (TPSA) is 653 Å². The minimum absolute atomic E-state index is 0.0608. The molecule has 3 fully saturated rings. The molecule has 7 aromatic rings. The second-order valence-corrected chi connectivity index (χ2v) is 33.9. The predicted octanol–water partition coefficient (Wildman–Crippen LogP) is 1.27. The number of phenols is 3. The number of alkyl halides is 3. The zero-order valence-corrected chi connectivity index (χ0v) is 72.3. The molecule has 133 heavy (non-hydrogen) atoms. The van der Waals surface area contributed by atoms with E-state index in [0.717, 1.165) is 91.1 Å². The molecule has 8 aliphatic rings. The van der Waals surface area contributed by atoms with E-state index in [1.165, 1.54) is 51.4 Å². The Balaban J connectivity index is 0.929. The van der Waals surface area contributed by atoms with E-state index in [-0.39, 0.29) is 41.3 Å². The molecule has 47 heteroatoms. The van der Waals surface area contributed by atoms with E-state index in [2.05, 4.69) is 57.6 Å². The number of anilines is 1. The lowest BCUT2D eigenvalue weighted by Crippen LogP contribution is -2.65. The minimum atomic E-state index is -5.02. The van der Waals surface area contributed by atoms with Crippen molar-refractivity contribution in [2.24, 2.45) is 17.4 Å². The Hall–Kier alpha value is -12.0. The fraction of sp³-hybridized carbons (Fsp3) is 0.419. The van der Waals surface area contributed by atoms with Crippen molar-refractivity contribution in [3.05, 3.63) is 171 Å². The molecule has 1 unspecified atom stereocenters. The molecule has 9 heterocycles. The second kappa shape index (κ2) is 40.9. The van der Waals surface area contributed by atoms with Crippen molar-refractivity contribution in [3.8, 4) is 62.9 Å². The standard InChI is InChI=1S/C86H95Cl2F3N12O30/c1-32(2)15-47(94-5)76(117)102-63-65(109)36-10-13-51(45(87)18-36)126-53-20-38-21-54(72(53)131-84-70(114)68(112)73(56(31-104)129-84)132-83-69(113)67(111)66(110)55(128-83)30-96-28-34-16-39(29-95-27-34)75(116)97-40-7-6-8-42(22-40)133-86(89,90)91)127-52-14-11-37(19-46(52)88)71(130-58-26-85(4,93)74(115)33(3)125-58)64-81(122)101-62(82(123)124)44-23-41(105)24-50(107)59(44)43-17-35(9-12-49(43)106)60(78(119)103-64)100-79(120)61(38)99-77(118)48(25-57(92)108)98-80(63)121/h6-14,16-24,27,29,32-33,47-48,55-56,58,60-71,73-74,83-84,94,96,104-107,109-115H,15,25-26,28,30-31,93H2,1-5H3,(H2,92,108)(H,97,116)(H,98,121)(H,99,118)(H,100,120)(H,101,122)(H,102,117)(H,103,119)(H,123,124)/t33-,47+,48-,55+,56+,58-,60+,61+,62+,63+,64-,65+,66-,67-,68+,69+,70+,71+,73+,74-,83+,84?,85-/m0/s1. The molecule has 42 nitrogen and oxygen atoms in total. The van der Waals surface area contributed by atoms with Crippen LogP contribution in [0.2, 0.25) is 10.0 Å². The van der Waals surface area contributed by atoms with Crippen LogP contribution in [0, 0.1) is 5.92 Å². The third kappa shape index (κ3) is 22.4. The van der Waals surface area contributed by atoms with Crippen molar-refractivity contribution in [2.45, 2.75) is 200 Å². The zero-order valence-electron chi connectivity index (χ0n) is 70.8. The number of aliphatic hydroxyl groups is 8. The van der Waals surface area contributed by atoms with Gasteiger partial charge in [-0.1, -0.05) is 61.3 Å². The number of fused-ring (bicyclic) bond motifs is 15. The van der Waals surface area contributed by atoms with Gasteiger partial charge in [-0.25, -0.2) is 4.79 Å². The van der Waals surface area contributed by atoms with E-state index in [9.17, 15) is 93.6 Å². The number of carbonyl (C=O) groups excluding carboxylic acids is 8. The largest absolute Gasteiger partial charge is 0.573 e. The van der Waals surface area contributed by atoms with Gasteiger partial charge in [-0.05, 0) is 134 Å². The fourth-order valence-corrected chi connectivity index (χ4v) is 16.5. The van der Waals surface area contributed by atoms with Gasteiger partial charge in [0, 0.05) is 72.0 Å². The molecule has 714 valence electrons. The lowest BCUT2D eigenvalue weighted by Gasteiger charge is -2.46. The minimum Gasteiger partial charge on any atom is -0.508 e. The number of primary amides is 1. The number of carboxylic acids is 1. The van der Waals surface area contributed by atoms with Gasteiger partial charge in [0.2, 0.25) is 53.4 Å². The average molecular weight is 1900 g/mol. The molecule has 8 aliphatic heterocycles. The number of aliphatic carboxylic acids is 1. The van der Waals surface area contributed by atoms with E-state index in [4.69, 9.17) is 72.6 Å². The number of nitrogens with one attached hydrogen (secondary N) is 9. The lowest BCUT2D eigenvalue weighted by molar-refractivity contribution is -0.350. The number of phenolic OH excluding ortho intramolecular Hbond substituents is 3. The number of pyridine rings is 1. The second-order valence-electron chi connectivity index (χ2n) is 33.1. The van der Waals surface area contributed by atoms with Crippen LogP contribution in [0.3, 0.4) is 0 Å². The first-order chi connectivity index (χ1) is 62.8. The third-order valence-electron chi connectivity index (χ3n) is 22.7. The van der Waals surface area contributed by atoms with Gasteiger partial charge in [0.05, 0.1) is 46.9 Å². The molecule has 0 saturated carbocycles. The number of hydrogen-bond acceptors (Lipinski definition) is 33. The van der Waals surface area contributed by atoms with Crippen molar-refractivity contribution < 1.29 is 160 Å². The van der Waals surface area contributed by atoms with Crippen molar-refractivity contribution in [1.82, 2.24) is 47.5 Å². The summed E-state index contributed by atoms with van der Waals surface area (Å²) in [5, 5.41) is 162. The Morgan fingerprint density at radius 3 is 1.98 bits per heavy atom. The highest BCUT2D eigenvalue weighted by Gasteiger charge is 2.53. The number of nitrogens with zero attached hydrogens (tertiary/aromatic N) is 1. The summed E-state index contributed by atoms with van der Waals surface area (Å²) in [5.41, 5.74) is 7.95. The summed E-state index contributed by atoms with van der Waals surface area (Å²) >= 11 is 14.5. The van der Waals surface area contributed by atoms with Gasteiger partial charge in [0.1, 0.15) is 126 Å². The molecule has 0 spiro atoms. The van der Waals surface area contributed by atoms with Crippen molar-refractivity contribution in [2.75, 3.05) is 25.5 Å². The van der Waals surface area contributed by atoms with E-state index >= 15 is 24.0 Å². The number of aromatic nitrogens is 1. The number of benzene rings is 6. The van der Waals surface area contributed by atoms with Crippen LogP contribution < -0.4 is 78.3 Å². The summed E-state index contributed by atoms with van der Waals surface area (Å²) in [6, 6.07) is 4.23. The molecule has 8 amide bonds. The summed E-state index contributed by atoms with van der Waals surface area (Å²) in [4.78, 5) is 138. The van der Waals surface area contributed by atoms with Crippen LogP contribution in [0.5, 0.6) is 51.7 Å². The van der Waals surface area contributed by atoms with Crippen molar-refractivity contribution in [3.63, 3.8) is 0 Å². The summed E-state index contributed by atoms with van der Waals surface area (Å²) in [6.07, 6.45) is -33.0. The van der Waals surface area contributed by atoms with Gasteiger partial charge < -0.3 is 163 Å². The number of carbonyl (C=O) groups is 9. The van der Waals surface area contributed by atoms with E-state index in [1.807, 2.05) is 0 Å². The van der Waals surface area contributed by atoms with Crippen LogP contribution in [0.15, 0.2) is 122 Å². The quantitative estimate of drug-likeness (QED) is 0.0454. The molecule has 0 aliphatic carbocycles. The number of rotatable bonds is 22. The average Bonchev–Trinajstić information content (AvgIpc) is 0.786. The lowest BCUT2D eigenvalue weighted by atomic mass is 9.86.